The van der Waals surface area contributed by atoms with E-state index in [2.05, 4.69) is 36.5 Å². The molecule has 0 bridgehead atoms. The summed E-state index contributed by atoms with van der Waals surface area (Å²) in [6.07, 6.45) is 4.23. The summed E-state index contributed by atoms with van der Waals surface area (Å²) in [4.78, 5) is 0. The fraction of sp³-hybridized carbons (Fsp3) is 0.333. The van der Waals surface area contributed by atoms with Crippen LogP contribution in [0.3, 0.4) is 0 Å². The Morgan fingerprint density at radius 2 is 2.05 bits per heavy atom. The Labute approximate surface area is 119 Å². The van der Waals surface area contributed by atoms with E-state index >= 15 is 0 Å². The van der Waals surface area contributed by atoms with Gasteiger partial charge in [0, 0.05) is 5.69 Å². The van der Waals surface area contributed by atoms with Crippen molar-refractivity contribution in [2.45, 2.75) is 38.6 Å². The predicted molar refractivity (Wildman–Crippen MR) is 81.5 cm³/mol. The zero-order valence-corrected chi connectivity index (χ0v) is 11.8. The van der Waals surface area contributed by atoms with Gasteiger partial charge in [-0.1, -0.05) is 37.6 Å². The van der Waals surface area contributed by atoms with Crippen LogP contribution in [0.5, 0.6) is 0 Å². The van der Waals surface area contributed by atoms with Crippen LogP contribution in [-0.4, -0.2) is 0 Å². The summed E-state index contributed by atoms with van der Waals surface area (Å²) in [6, 6.07) is 14.0. The highest BCUT2D eigenvalue weighted by Crippen LogP contribution is 2.35. The molecule has 104 valence electrons. The number of anilines is 1. The van der Waals surface area contributed by atoms with Gasteiger partial charge in [-0.2, -0.15) is 0 Å². The minimum absolute atomic E-state index is 0.129. The largest absolute Gasteiger partial charge is 0.378 e. The second-order valence-electron chi connectivity index (χ2n) is 5.49. The molecule has 1 aliphatic rings. The monoisotopic (exact) mass is 269 g/mol. The molecule has 1 atom stereocenters. The summed E-state index contributed by atoms with van der Waals surface area (Å²) in [6.45, 7) is 2.20. The molecule has 1 N–H and O–H groups in total. The highest BCUT2D eigenvalue weighted by molar-refractivity contribution is 5.54. The van der Waals surface area contributed by atoms with Crippen LogP contribution in [-0.2, 0) is 12.8 Å². The lowest BCUT2D eigenvalue weighted by Gasteiger charge is -2.18. The summed E-state index contributed by atoms with van der Waals surface area (Å²) in [5.74, 6) is -0.129. The van der Waals surface area contributed by atoms with E-state index in [0.717, 1.165) is 31.2 Å². The van der Waals surface area contributed by atoms with Crippen molar-refractivity contribution in [1.29, 1.82) is 0 Å². The Hall–Kier alpha value is -1.83. The first-order valence-electron chi connectivity index (χ1n) is 7.40. The third kappa shape index (κ3) is 2.55. The van der Waals surface area contributed by atoms with Gasteiger partial charge in [-0.25, -0.2) is 4.39 Å². The van der Waals surface area contributed by atoms with Gasteiger partial charge in [0.2, 0.25) is 0 Å². The number of nitrogens with one attached hydrogen (secondary N) is 1. The number of fused-ring (bicyclic) bond motifs is 1. The third-order valence-corrected chi connectivity index (χ3v) is 4.05. The smallest absolute Gasteiger partial charge is 0.123 e. The van der Waals surface area contributed by atoms with E-state index in [1.165, 1.54) is 16.8 Å². The normalized spacial score (nSPS) is 17.0. The SMILES string of the molecule is CCCc1ccccc1NC1CCc2cc(F)ccc21. The van der Waals surface area contributed by atoms with Gasteiger partial charge in [-0.15, -0.1) is 0 Å². The average molecular weight is 269 g/mol. The van der Waals surface area contributed by atoms with Crippen LogP contribution in [0.15, 0.2) is 42.5 Å². The van der Waals surface area contributed by atoms with Gasteiger partial charge in [0.25, 0.3) is 0 Å². The fourth-order valence-electron chi connectivity index (χ4n) is 3.07. The fourth-order valence-corrected chi connectivity index (χ4v) is 3.07. The lowest BCUT2D eigenvalue weighted by Crippen LogP contribution is -2.09. The first-order chi connectivity index (χ1) is 9.78. The van der Waals surface area contributed by atoms with Crippen molar-refractivity contribution in [2.24, 2.45) is 0 Å². The Balaban J connectivity index is 1.84. The maximum absolute atomic E-state index is 13.3. The van der Waals surface area contributed by atoms with Crippen molar-refractivity contribution in [2.75, 3.05) is 5.32 Å². The molecule has 2 aromatic carbocycles. The van der Waals surface area contributed by atoms with E-state index in [-0.39, 0.29) is 5.82 Å². The van der Waals surface area contributed by atoms with Crippen LogP contribution in [0.2, 0.25) is 0 Å². The van der Waals surface area contributed by atoms with Crippen LogP contribution >= 0.6 is 0 Å². The second kappa shape index (κ2) is 5.66. The summed E-state index contributed by atoms with van der Waals surface area (Å²) < 4.78 is 13.3. The zero-order chi connectivity index (χ0) is 13.9. The van der Waals surface area contributed by atoms with Crippen molar-refractivity contribution >= 4 is 5.69 Å². The van der Waals surface area contributed by atoms with Crippen molar-refractivity contribution in [3.63, 3.8) is 0 Å². The molecule has 1 unspecified atom stereocenters. The Bertz CT molecular complexity index is 606. The van der Waals surface area contributed by atoms with Gasteiger partial charge in [0.05, 0.1) is 6.04 Å². The first-order valence-corrected chi connectivity index (χ1v) is 7.40. The number of hydrogen-bond donors (Lipinski definition) is 1. The molecule has 20 heavy (non-hydrogen) atoms. The molecule has 0 radical (unpaired) electrons. The molecule has 0 heterocycles. The first kappa shape index (κ1) is 13.2. The maximum atomic E-state index is 13.3. The van der Waals surface area contributed by atoms with Crippen molar-refractivity contribution in [3.8, 4) is 0 Å². The van der Waals surface area contributed by atoms with Gasteiger partial charge in [-0.3, -0.25) is 0 Å². The minimum atomic E-state index is -0.129. The molecule has 1 nitrogen and oxygen atoms in total. The number of hydrogen-bond acceptors (Lipinski definition) is 1. The topological polar surface area (TPSA) is 12.0 Å². The summed E-state index contributed by atoms with van der Waals surface area (Å²) in [5.41, 5.74) is 4.98. The average Bonchev–Trinajstić information content (AvgIpc) is 2.83. The molecule has 1 aliphatic carbocycles. The second-order valence-corrected chi connectivity index (χ2v) is 5.49. The number of halogens is 1. The van der Waals surface area contributed by atoms with Crippen LogP contribution in [0.1, 0.15) is 42.5 Å². The standard InChI is InChI=1S/C18H20FN/c1-2-5-13-6-3-4-7-17(13)20-18-11-8-14-12-15(19)9-10-16(14)18/h3-4,6-7,9-10,12,18,20H,2,5,8,11H2,1H3. The van der Waals surface area contributed by atoms with Crippen LogP contribution in [0.4, 0.5) is 10.1 Å². The number of para-hydroxylation sites is 1. The Morgan fingerprint density at radius 1 is 1.20 bits per heavy atom. The molecule has 0 saturated carbocycles. The van der Waals surface area contributed by atoms with E-state index in [0.29, 0.717) is 6.04 Å². The molecule has 0 saturated heterocycles. The van der Waals surface area contributed by atoms with E-state index in [9.17, 15) is 4.39 Å². The summed E-state index contributed by atoms with van der Waals surface area (Å²) in [5, 5.41) is 3.65. The Morgan fingerprint density at radius 3 is 2.90 bits per heavy atom. The Kier molecular flexibility index (Phi) is 3.72. The predicted octanol–water partition coefficient (Wildman–Crippen LogP) is 4.88. The van der Waals surface area contributed by atoms with E-state index < -0.39 is 0 Å². The number of benzene rings is 2. The van der Waals surface area contributed by atoms with Gasteiger partial charge in [-0.05, 0) is 54.2 Å². The van der Waals surface area contributed by atoms with Crippen LogP contribution in [0, 0.1) is 5.82 Å². The van der Waals surface area contributed by atoms with Gasteiger partial charge in [0.15, 0.2) is 0 Å². The van der Waals surface area contributed by atoms with E-state index in [1.807, 2.05) is 6.07 Å². The maximum Gasteiger partial charge on any atom is 0.123 e. The lowest BCUT2D eigenvalue weighted by atomic mass is 10.0. The minimum Gasteiger partial charge on any atom is -0.378 e. The molecule has 0 spiro atoms. The molecule has 0 aromatic heterocycles. The molecular formula is C18H20FN. The van der Waals surface area contributed by atoms with Crippen molar-refractivity contribution in [3.05, 3.63) is 65.0 Å². The number of aryl methyl sites for hydroxylation is 2. The van der Waals surface area contributed by atoms with E-state index in [4.69, 9.17) is 0 Å². The molecule has 0 fully saturated rings. The number of rotatable bonds is 4. The molecular weight excluding hydrogens is 249 g/mol. The summed E-state index contributed by atoms with van der Waals surface area (Å²) in [7, 11) is 0. The third-order valence-electron chi connectivity index (χ3n) is 4.05. The van der Waals surface area contributed by atoms with E-state index in [1.54, 1.807) is 12.1 Å². The highest BCUT2D eigenvalue weighted by atomic mass is 19.1. The van der Waals surface area contributed by atoms with Crippen LogP contribution in [0.25, 0.3) is 0 Å². The summed E-state index contributed by atoms with van der Waals surface area (Å²) >= 11 is 0. The van der Waals surface area contributed by atoms with Gasteiger partial charge in [0.1, 0.15) is 5.82 Å². The zero-order valence-electron chi connectivity index (χ0n) is 11.8. The van der Waals surface area contributed by atoms with Crippen molar-refractivity contribution < 1.29 is 4.39 Å². The molecule has 2 heteroatoms. The highest BCUT2D eigenvalue weighted by Gasteiger charge is 2.23. The van der Waals surface area contributed by atoms with Gasteiger partial charge < -0.3 is 5.32 Å². The van der Waals surface area contributed by atoms with Crippen LogP contribution < -0.4 is 5.32 Å². The molecule has 2 aromatic rings. The van der Waals surface area contributed by atoms with Gasteiger partial charge >= 0.3 is 0 Å². The van der Waals surface area contributed by atoms with Crippen molar-refractivity contribution in [1.82, 2.24) is 0 Å². The molecule has 0 aliphatic heterocycles. The molecule has 0 amide bonds. The quantitative estimate of drug-likeness (QED) is 0.834. The lowest BCUT2D eigenvalue weighted by molar-refractivity contribution is 0.626. The molecule has 3 rings (SSSR count).